The quantitative estimate of drug-likeness (QED) is 0.740. The molecule has 1 fully saturated rings. The van der Waals surface area contributed by atoms with E-state index >= 15 is 0 Å². The molecule has 0 bridgehead atoms. The standard InChI is InChI=1S/C12H15ClFNO/c1-16-12-3-2-10(8-11(12)14)9-4-6-15(13)7-5-9/h2-3,8-9H,4-7H2,1H3. The minimum Gasteiger partial charge on any atom is -0.494 e. The molecule has 1 aliphatic rings. The van der Waals surface area contributed by atoms with E-state index in [-0.39, 0.29) is 5.82 Å². The molecule has 2 rings (SSSR count). The molecular weight excluding hydrogens is 229 g/mol. The molecule has 0 spiro atoms. The molecule has 0 radical (unpaired) electrons. The molecule has 0 saturated carbocycles. The summed E-state index contributed by atoms with van der Waals surface area (Å²) in [6, 6.07) is 5.21. The van der Waals surface area contributed by atoms with Crippen molar-refractivity contribution in [2.75, 3.05) is 20.2 Å². The van der Waals surface area contributed by atoms with Gasteiger partial charge in [0.1, 0.15) is 0 Å². The molecule has 16 heavy (non-hydrogen) atoms. The first-order valence-corrected chi connectivity index (χ1v) is 5.78. The maximum atomic E-state index is 13.5. The number of hydrogen-bond donors (Lipinski definition) is 0. The van der Waals surface area contributed by atoms with Crippen molar-refractivity contribution in [1.82, 2.24) is 4.42 Å². The van der Waals surface area contributed by atoms with Gasteiger partial charge in [0.05, 0.1) is 7.11 Å². The molecule has 0 aliphatic carbocycles. The largest absolute Gasteiger partial charge is 0.494 e. The highest BCUT2D eigenvalue weighted by Gasteiger charge is 2.20. The Kier molecular flexibility index (Phi) is 3.66. The molecule has 0 amide bonds. The lowest BCUT2D eigenvalue weighted by molar-refractivity contribution is 0.334. The molecule has 1 heterocycles. The fourth-order valence-corrected chi connectivity index (χ4v) is 2.31. The maximum absolute atomic E-state index is 13.5. The van der Waals surface area contributed by atoms with Gasteiger partial charge in [-0.3, -0.25) is 0 Å². The van der Waals surface area contributed by atoms with Gasteiger partial charge in [0.15, 0.2) is 11.6 Å². The first kappa shape index (κ1) is 11.7. The average Bonchev–Trinajstić information content (AvgIpc) is 2.30. The van der Waals surface area contributed by atoms with Gasteiger partial charge in [0.2, 0.25) is 0 Å². The van der Waals surface area contributed by atoms with E-state index in [1.165, 1.54) is 7.11 Å². The van der Waals surface area contributed by atoms with Gasteiger partial charge in [-0.2, -0.15) is 0 Å². The van der Waals surface area contributed by atoms with Crippen LogP contribution in [0.3, 0.4) is 0 Å². The highest BCUT2D eigenvalue weighted by Crippen LogP contribution is 2.30. The summed E-state index contributed by atoms with van der Waals surface area (Å²) in [5.74, 6) is 0.433. The van der Waals surface area contributed by atoms with Crippen molar-refractivity contribution in [3.05, 3.63) is 29.6 Å². The minimum absolute atomic E-state index is 0.284. The fourth-order valence-electron chi connectivity index (χ4n) is 2.12. The van der Waals surface area contributed by atoms with Gasteiger partial charge in [-0.05, 0) is 48.2 Å². The number of hydrogen-bond acceptors (Lipinski definition) is 2. The van der Waals surface area contributed by atoms with Crippen molar-refractivity contribution in [2.24, 2.45) is 0 Å². The molecule has 88 valence electrons. The Labute approximate surface area is 100 Å². The third-order valence-corrected chi connectivity index (χ3v) is 3.43. The zero-order chi connectivity index (χ0) is 11.5. The average molecular weight is 244 g/mol. The third kappa shape index (κ3) is 2.47. The number of piperidine rings is 1. The maximum Gasteiger partial charge on any atom is 0.165 e. The second-order valence-corrected chi connectivity index (χ2v) is 4.56. The molecule has 0 N–H and O–H groups in total. The SMILES string of the molecule is COc1ccc(C2CCN(Cl)CC2)cc1F. The molecule has 0 atom stereocenters. The number of methoxy groups -OCH3 is 1. The van der Waals surface area contributed by atoms with Crippen LogP contribution in [0, 0.1) is 5.82 Å². The summed E-state index contributed by atoms with van der Waals surface area (Å²) in [6.45, 7) is 1.72. The Morgan fingerprint density at radius 1 is 1.38 bits per heavy atom. The van der Waals surface area contributed by atoms with E-state index < -0.39 is 0 Å². The van der Waals surface area contributed by atoms with Gasteiger partial charge in [0.25, 0.3) is 0 Å². The van der Waals surface area contributed by atoms with Crippen molar-refractivity contribution in [2.45, 2.75) is 18.8 Å². The number of benzene rings is 1. The summed E-state index contributed by atoms with van der Waals surface area (Å²) in [5, 5.41) is 0. The molecule has 1 aromatic rings. The number of nitrogens with zero attached hydrogens (tertiary/aromatic N) is 1. The van der Waals surface area contributed by atoms with Crippen molar-refractivity contribution in [3.63, 3.8) is 0 Å². The lowest BCUT2D eigenvalue weighted by Crippen LogP contribution is -2.25. The molecule has 1 aromatic carbocycles. The predicted octanol–water partition coefficient (Wildman–Crippen LogP) is 3.17. The van der Waals surface area contributed by atoms with Gasteiger partial charge in [-0.25, -0.2) is 8.81 Å². The minimum atomic E-state index is -0.284. The van der Waals surface area contributed by atoms with E-state index in [1.807, 2.05) is 6.07 Å². The Morgan fingerprint density at radius 2 is 2.06 bits per heavy atom. The van der Waals surface area contributed by atoms with E-state index in [0.717, 1.165) is 31.5 Å². The van der Waals surface area contributed by atoms with Crippen LogP contribution in [0.25, 0.3) is 0 Å². The lowest BCUT2D eigenvalue weighted by atomic mass is 9.90. The number of halogens is 2. The van der Waals surface area contributed by atoms with Crippen molar-refractivity contribution in [3.8, 4) is 5.75 Å². The molecule has 1 aliphatic heterocycles. The monoisotopic (exact) mass is 243 g/mol. The summed E-state index contributed by atoms with van der Waals surface area (Å²) in [6.07, 6.45) is 1.96. The van der Waals surface area contributed by atoms with Gasteiger partial charge >= 0.3 is 0 Å². The van der Waals surface area contributed by atoms with E-state index in [0.29, 0.717) is 11.7 Å². The molecule has 4 heteroatoms. The third-order valence-electron chi connectivity index (χ3n) is 3.09. The fraction of sp³-hybridized carbons (Fsp3) is 0.500. The predicted molar refractivity (Wildman–Crippen MR) is 62.4 cm³/mol. The van der Waals surface area contributed by atoms with Crippen LogP contribution in [0.5, 0.6) is 5.75 Å². The Balaban J connectivity index is 2.12. The van der Waals surface area contributed by atoms with Crippen molar-refractivity contribution >= 4 is 11.8 Å². The van der Waals surface area contributed by atoms with Crippen LogP contribution in [0.15, 0.2) is 18.2 Å². The van der Waals surface area contributed by atoms with E-state index in [2.05, 4.69) is 0 Å². The van der Waals surface area contributed by atoms with Crippen LogP contribution >= 0.6 is 11.8 Å². The van der Waals surface area contributed by atoms with Gasteiger partial charge < -0.3 is 4.74 Å². The van der Waals surface area contributed by atoms with Crippen LogP contribution in [0.2, 0.25) is 0 Å². The molecular formula is C12H15ClFNO. The highest BCUT2D eigenvalue weighted by atomic mass is 35.5. The summed E-state index contributed by atoms with van der Waals surface area (Å²) >= 11 is 5.89. The van der Waals surface area contributed by atoms with Crippen LogP contribution < -0.4 is 4.74 Å². The molecule has 0 aromatic heterocycles. The van der Waals surface area contributed by atoms with Crippen molar-refractivity contribution in [1.29, 1.82) is 0 Å². The Bertz CT molecular complexity index is 364. The molecule has 1 saturated heterocycles. The van der Waals surface area contributed by atoms with Gasteiger partial charge in [0, 0.05) is 13.1 Å². The number of rotatable bonds is 2. The van der Waals surface area contributed by atoms with Gasteiger partial charge in [-0.1, -0.05) is 6.07 Å². The van der Waals surface area contributed by atoms with E-state index in [4.69, 9.17) is 16.5 Å². The molecule has 2 nitrogen and oxygen atoms in total. The van der Waals surface area contributed by atoms with Gasteiger partial charge in [-0.15, -0.1) is 0 Å². The normalized spacial score (nSPS) is 18.7. The van der Waals surface area contributed by atoms with E-state index in [9.17, 15) is 4.39 Å². The first-order valence-electron chi connectivity index (χ1n) is 5.45. The van der Waals surface area contributed by atoms with Crippen molar-refractivity contribution < 1.29 is 9.13 Å². The topological polar surface area (TPSA) is 12.5 Å². The zero-order valence-corrected chi connectivity index (χ0v) is 10.0. The number of ether oxygens (including phenoxy) is 1. The van der Waals surface area contributed by atoms with Crippen LogP contribution in [-0.4, -0.2) is 24.6 Å². The summed E-state index contributed by atoms with van der Waals surface area (Å²) in [4.78, 5) is 0. The second kappa shape index (κ2) is 5.02. The highest BCUT2D eigenvalue weighted by molar-refractivity contribution is 6.13. The van der Waals surface area contributed by atoms with E-state index in [1.54, 1.807) is 16.6 Å². The second-order valence-electron chi connectivity index (χ2n) is 4.08. The summed E-state index contributed by atoms with van der Waals surface area (Å²) in [5.41, 5.74) is 1.04. The Morgan fingerprint density at radius 3 is 2.62 bits per heavy atom. The molecule has 0 unspecified atom stereocenters. The first-order chi connectivity index (χ1) is 7.70. The smallest absolute Gasteiger partial charge is 0.165 e. The summed E-state index contributed by atoms with van der Waals surface area (Å²) in [7, 11) is 1.48. The zero-order valence-electron chi connectivity index (χ0n) is 9.25. The summed E-state index contributed by atoms with van der Waals surface area (Å²) < 4.78 is 20.2. The Hall–Kier alpha value is -0.800. The van der Waals surface area contributed by atoms with Crippen LogP contribution in [0.4, 0.5) is 4.39 Å². The lowest BCUT2D eigenvalue weighted by Gasteiger charge is -2.27. The van der Waals surface area contributed by atoms with Crippen LogP contribution in [0.1, 0.15) is 24.3 Å². The van der Waals surface area contributed by atoms with Crippen LogP contribution in [-0.2, 0) is 0 Å².